The van der Waals surface area contributed by atoms with Crippen molar-refractivity contribution in [2.45, 2.75) is 13.1 Å². The van der Waals surface area contributed by atoms with Gasteiger partial charge in [0.05, 0.1) is 0 Å². The van der Waals surface area contributed by atoms with Gasteiger partial charge in [0.1, 0.15) is 0 Å². The zero-order chi connectivity index (χ0) is 45.5. The summed E-state index contributed by atoms with van der Waals surface area (Å²) in [5.74, 6) is 1.43. The van der Waals surface area contributed by atoms with Crippen molar-refractivity contribution in [3.63, 3.8) is 0 Å². The van der Waals surface area contributed by atoms with Gasteiger partial charge in [0.25, 0.3) is 0 Å². The number of alkyl halides is 3. The van der Waals surface area contributed by atoms with E-state index in [4.69, 9.17) is 15.0 Å². The molecule has 0 saturated heterocycles. The number of halogens is 3. The van der Waals surface area contributed by atoms with Crippen LogP contribution >= 0.6 is 0 Å². The molecule has 322 valence electrons. The second-order valence-corrected chi connectivity index (χ2v) is 24.8. The third kappa shape index (κ3) is 7.61. The Morgan fingerprint density at radius 2 is 0.836 bits per heavy atom. The molecule has 0 atom stereocenters. The zero-order valence-corrected chi connectivity index (χ0v) is 38.5. The number of aryl methyl sites for hydroxylation is 1. The van der Waals surface area contributed by atoms with E-state index >= 15 is 0 Å². The van der Waals surface area contributed by atoms with Gasteiger partial charge in [-0.25, -0.2) is 0 Å². The minimum absolute atomic E-state index is 0.430. The Morgan fingerprint density at radius 3 is 1.37 bits per heavy atom. The maximum absolute atomic E-state index is 14.3. The Morgan fingerprint density at radius 1 is 0.388 bits per heavy atom. The summed E-state index contributed by atoms with van der Waals surface area (Å²) < 4.78 is 50.3. The first-order chi connectivity index (χ1) is 32.8. The van der Waals surface area contributed by atoms with Gasteiger partial charge < -0.3 is 0 Å². The van der Waals surface area contributed by atoms with Gasteiger partial charge in [-0.2, -0.15) is 13.2 Å². The molecular formula is C59H41F3GeN4. The van der Waals surface area contributed by atoms with Crippen molar-refractivity contribution in [1.82, 2.24) is 19.5 Å². The standard InChI is InChI=1S/C59H41F3GeN4/c1-40-30-33-53-50(36-40)51-39-45(59(60,61)62)32-35-54(51)67(53)55-34-31-44(38-52(55)58-65-56(41-18-7-2-8-19-41)64-57(66-58)42-20-9-3-10-21-42)43-22-17-29-49(37-43)63(46-23-11-4-12-24-46,47-25-13-5-14-26-47)48-27-15-6-16-28-48/h2-39H,1H3. The summed E-state index contributed by atoms with van der Waals surface area (Å²) in [6.07, 6.45) is -4.51. The van der Waals surface area contributed by atoms with Crippen LogP contribution in [0.2, 0.25) is 0 Å². The van der Waals surface area contributed by atoms with Crippen molar-refractivity contribution in [3.05, 3.63) is 242 Å². The van der Waals surface area contributed by atoms with E-state index < -0.39 is 25.0 Å². The first-order valence-electron chi connectivity index (χ1n) is 22.2. The number of nitrogens with zero attached hydrogens (tertiary/aromatic N) is 4. The van der Waals surface area contributed by atoms with E-state index in [2.05, 4.69) is 138 Å². The third-order valence-corrected chi connectivity index (χ3v) is 22.7. The number of hydrogen-bond donors (Lipinski definition) is 0. The molecule has 2 heterocycles. The van der Waals surface area contributed by atoms with Gasteiger partial charge in [0, 0.05) is 0 Å². The molecule has 8 heteroatoms. The molecule has 0 fully saturated rings. The SMILES string of the molecule is Cc1ccc2c(c1)c1cc(C(F)(F)F)ccc1n2-c1ccc(-c2ccc[c]([Ge]([c]3ccccc3)([c]3ccccc3)[c]3ccccc3)c2)cc1-c1nc(-c2ccccc2)nc(-c2ccccc2)n1. The van der Waals surface area contributed by atoms with Crippen molar-refractivity contribution in [1.29, 1.82) is 0 Å². The van der Waals surface area contributed by atoms with E-state index in [1.165, 1.54) is 23.7 Å². The first kappa shape index (κ1) is 41.8. The van der Waals surface area contributed by atoms with Crippen LogP contribution in [0.25, 0.3) is 72.8 Å². The van der Waals surface area contributed by atoms with Gasteiger partial charge in [-0.1, -0.05) is 12.1 Å². The Labute approximate surface area is 389 Å². The van der Waals surface area contributed by atoms with Gasteiger partial charge in [-0.15, -0.1) is 0 Å². The molecule has 11 aromatic rings. The van der Waals surface area contributed by atoms with Gasteiger partial charge in [0.15, 0.2) is 0 Å². The average molecular weight is 936 g/mol. The molecule has 67 heavy (non-hydrogen) atoms. The summed E-state index contributed by atoms with van der Waals surface area (Å²) in [5.41, 5.74) is 6.66. The number of benzene rings is 9. The van der Waals surface area contributed by atoms with Crippen molar-refractivity contribution >= 4 is 52.7 Å². The summed E-state index contributed by atoms with van der Waals surface area (Å²) in [6, 6.07) is 77.6. The summed E-state index contributed by atoms with van der Waals surface area (Å²) in [5, 5.41) is 1.23. The van der Waals surface area contributed by atoms with Gasteiger partial charge in [-0.3, -0.25) is 0 Å². The molecule has 0 spiro atoms. The maximum atomic E-state index is 14.3. The quantitative estimate of drug-likeness (QED) is 0.135. The molecule has 0 aliphatic carbocycles. The monoisotopic (exact) mass is 936 g/mol. The predicted octanol–water partition coefficient (Wildman–Crippen LogP) is 12.3. The molecule has 4 nitrogen and oxygen atoms in total. The van der Waals surface area contributed by atoms with E-state index in [0.717, 1.165) is 50.5 Å². The van der Waals surface area contributed by atoms with Crippen LogP contribution in [0.3, 0.4) is 0 Å². The van der Waals surface area contributed by atoms with Crippen LogP contribution in [-0.4, -0.2) is 32.8 Å². The van der Waals surface area contributed by atoms with E-state index in [9.17, 15) is 13.2 Å². The molecule has 0 N–H and O–H groups in total. The van der Waals surface area contributed by atoms with E-state index in [1.807, 2.05) is 85.8 Å². The van der Waals surface area contributed by atoms with Crippen LogP contribution in [-0.2, 0) is 6.18 Å². The van der Waals surface area contributed by atoms with Crippen LogP contribution < -0.4 is 17.6 Å². The van der Waals surface area contributed by atoms with Crippen LogP contribution in [0.1, 0.15) is 11.1 Å². The zero-order valence-electron chi connectivity index (χ0n) is 36.4. The number of aromatic nitrogens is 4. The van der Waals surface area contributed by atoms with Crippen LogP contribution in [0.4, 0.5) is 13.2 Å². The number of fused-ring (bicyclic) bond motifs is 3. The van der Waals surface area contributed by atoms with Gasteiger partial charge in [-0.05, 0) is 6.92 Å². The second kappa shape index (κ2) is 17.2. The Kier molecular flexibility index (Phi) is 10.7. The third-order valence-electron chi connectivity index (χ3n) is 12.7. The molecule has 2 aromatic heterocycles. The average Bonchev–Trinajstić information content (AvgIpc) is 3.70. The number of hydrogen-bond acceptors (Lipinski definition) is 3. The molecule has 0 unspecified atom stereocenters. The summed E-state index contributed by atoms with van der Waals surface area (Å²) >= 11 is -3.66. The predicted molar refractivity (Wildman–Crippen MR) is 269 cm³/mol. The van der Waals surface area contributed by atoms with Crippen LogP contribution in [0, 0.1) is 6.92 Å². The van der Waals surface area contributed by atoms with Crippen molar-refractivity contribution in [2.75, 3.05) is 0 Å². The summed E-state index contributed by atoms with van der Waals surface area (Å²) in [4.78, 5) is 15.5. The minimum atomic E-state index is -4.51. The Bertz CT molecular complexity index is 3410. The summed E-state index contributed by atoms with van der Waals surface area (Å²) in [6.45, 7) is 1.96. The first-order valence-corrected chi connectivity index (χ1v) is 26.4. The fourth-order valence-electron chi connectivity index (χ4n) is 9.59. The fraction of sp³-hybridized carbons (Fsp3) is 0.0339. The molecule has 0 aliphatic heterocycles. The van der Waals surface area contributed by atoms with Gasteiger partial charge >= 0.3 is 359 Å². The van der Waals surface area contributed by atoms with E-state index in [1.54, 1.807) is 6.07 Å². The Balaban J connectivity index is 1.20. The second-order valence-electron chi connectivity index (χ2n) is 16.8. The van der Waals surface area contributed by atoms with Crippen molar-refractivity contribution in [2.24, 2.45) is 0 Å². The molecule has 0 bridgehead atoms. The van der Waals surface area contributed by atoms with E-state index in [0.29, 0.717) is 33.9 Å². The molecule has 0 saturated carbocycles. The molecule has 11 rings (SSSR count). The summed E-state index contributed by atoms with van der Waals surface area (Å²) in [7, 11) is 0. The normalized spacial score (nSPS) is 11.9. The van der Waals surface area contributed by atoms with E-state index in [-0.39, 0.29) is 0 Å². The van der Waals surface area contributed by atoms with Gasteiger partial charge in [0.2, 0.25) is 0 Å². The molecule has 0 aliphatic rings. The van der Waals surface area contributed by atoms with Crippen molar-refractivity contribution < 1.29 is 13.2 Å². The Hall–Kier alpha value is -7.88. The van der Waals surface area contributed by atoms with Crippen molar-refractivity contribution in [3.8, 4) is 51.0 Å². The molecule has 9 aromatic carbocycles. The molecule has 0 radical (unpaired) electrons. The topological polar surface area (TPSA) is 43.6 Å². The fourth-order valence-corrected chi connectivity index (χ4v) is 19.6. The molecule has 0 amide bonds. The molecular weight excluding hydrogens is 894 g/mol. The van der Waals surface area contributed by atoms with Crippen LogP contribution in [0.15, 0.2) is 231 Å². The number of rotatable bonds is 9. The van der Waals surface area contributed by atoms with Crippen LogP contribution in [0.5, 0.6) is 0 Å².